The number of rotatable bonds is 5. The summed E-state index contributed by atoms with van der Waals surface area (Å²) in [6.07, 6.45) is 12.0. The summed E-state index contributed by atoms with van der Waals surface area (Å²) in [6, 6.07) is 14.8. The molecule has 168 valence electrons. The Bertz CT molecular complexity index is 1390. The predicted molar refractivity (Wildman–Crippen MR) is 138 cm³/mol. The zero-order chi connectivity index (χ0) is 23.2. The Kier molecular flexibility index (Phi) is 5.44. The average molecular weight is 439 g/mol. The molecule has 0 amide bonds. The third-order valence-corrected chi connectivity index (χ3v) is 7.22. The smallest absolute Gasteiger partial charge is 0.141 e. The molecule has 0 N–H and O–H groups in total. The molecule has 1 aliphatic carbocycles. The van der Waals surface area contributed by atoms with Crippen molar-refractivity contribution in [3.8, 4) is 11.3 Å². The van der Waals surface area contributed by atoms with Gasteiger partial charge in [-0.1, -0.05) is 74.5 Å². The lowest BCUT2D eigenvalue weighted by molar-refractivity contribution is 0.176. The molecule has 1 aliphatic rings. The van der Waals surface area contributed by atoms with Crippen molar-refractivity contribution in [2.75, 3.05) is 0 Å². The Morgan fingerprint density at radius 1 is 1.09 bits per heavy atom. The molecule has 2 heterocycles. The maximum atomic E-state index is 16.5. The first-order valence-electron chi connectivity index (χ1n) is 12.0. The highest BCUT2D eigenvalue weighted by atomic mass is 19.1. The van der Waals surface area contributed by atoms with Gasteiger partial charge in [0.1, 0.15) is 11.3 Å². The SMILES string of the molecule is CCC=CC(F)(CC)C1CC=Cc2c1c1ncc(-c3c(C)cccc3C)n1c1ccccc21. The van der Waals surface area contributed by atoms with E-state index >= 15 is 4.39 Å². The van der Waals surface area contributed by atoms with E-state index in [1.54, 1.807) is 6.08 Å². The average Bonchev–Trinajstić information content (AvgIpc) is 3.27. The predicted octanol–water partition coefficient (Wildman–Crippen LogP) is 8.36. The third kappa shape index (κ3) is 3.33. The molecule has 0 radical (unpaired) electrons. The Balaban J connectivity index is 1.90. The molecule has 2 aromatic carbocycles. The van der Waals surface area contributed by atoms with Crippen molar-refractivity contribution in [2.24, 2.45) is 0 Å². The van der Waals surface area contributed by atoms with Crippen molar-refractivity contribution < 1.29 is 4.39 Å². The van der Waals surface area contributed by atoms with E-state index in [-0.39, 0.29) is 5.92 Å². The number of hydrogen-bond acceptors (Lipinski definition) is 1. The molecule has 2 unspecified atom stereocenters. The van der Waals surface area contributed by atoms with E-state index in [2.05, 4.69) is 79.8 Å². The lowest BCUT2D eigenvalue weighted by atomic mass is 9.74. The molecule has 3 heteroatoms. The van der Waals surface area contributed by atoms with Gasteiger partial charge < -0.3 is 0 Å². The first-order valence-corrected chi connectivity index (χ1v) is 12.0. The summed E-state index contributed by atoms with van der Waals surface area (Å²) in [6.45, 7) is 8.29. The van der Waals surface area contributed by atoms with Gasteiger partial charge in [0.2, 0.25) is 0 Å². The second-order valence-electron chi connectivity index (χ2n) is 9.20. The van der Waals surface area contributed by atoms with Crippen molar-refractivity contribution in [3.63, 3.8) is 0 Å². The van der Waals surface area contributed by atoms with Crippen LogP contribution in [-0.4, -0.2) is 15.1 Å². The van der Waals surface area contributed by atoms with Gasteiger partial charge in [0, 0.05) is 22.4 Å². The number of halogens is 1. The highest BCUT2D eigenvalue weighted by Crippen LogP contribution is 2.47. The second kappa shape index (κ2) is 8.30. The number of benzene rings is 2. The van der Waals surface area contributed by atoms with Gasteiger partial charge in [-0.3, -0.25) is 4.40 Å². The zero-order valence-corrected chi connectivity index (χ0v) is 19.9. The van der Waals surface area contributed by atoms with Crippen LogP contribution < -0.4 is 0 Å². The van der Waals surface area contributed by atoms with Crippen LogP contribution in [0.1, 0.15) is 61.3 Å². The Morgan fingerprint density at radius 2 is 1.85 bits per heavy atom. The topological polar surface area (TPSA) is 17.3 Å². The largest absolute Gasteiger partial charge is 0.292 e. The fourth-order valence-corrected chi connectivity index (χ4v) is 5.54. The molecule has 2 nitrogen and oxygen atoms in total. The van der Waals surface area contributed by atoms with Crippen molar-refractivity contribution in [1.29, 1.82) is 0 Å². The fraction of sp³-hybridized carbons (Fsp3) is 0.300. The van der Waals surface area contributed by atoms with Crippen LogP contribution in [0.2, 0.25) is 0 Å². The quantitative estimate of drug-likeness (QED) is 0.286. The molecule has 0 saturated carbocycles. The van der Waals surface area contributed by atoms with E-state index in [0.29, 0.717) is 12.8 Å². The van der Waals surface area contributed by atoms with Gasteiger partial charge in [-0.15, -0.1) is 0 Å². The number of pyridine rings is 1. The molecule has 0 spiro atoms. The molecule has 2 atom stereocenters. The van der Waals surface area contributed by atoms with E-state index in [0.717, 1.165) is 39.8 Å². The number of aromatic nitrogens is 2. The van der Waals surface area contributed by atoms with E-state index < -0.39 is 5.67 Å². The fourth-order valence-electron chi connectivity index (χ4n) is 5.54. The van der Waals surface area contributed by atoms with Gasteiger partial charge >= 0.3 is 0 Å². The van der Waals surface area contributed by atoms with E-state index in [9.17, 15) is 0 Å². The number of para-hydroxylation sites is 1. The number of imidazole rings is 1. The Labute approximate surface area is 195 Å². The summed E-state index contributed by atoms with van der Waals surface area (Å²) < 4.78 is 18.8. The van der Waals surface area contributed by atoms with Crippen molar-refractivity contribution in [1.82, 2.24) is 9.38 Å². The molecular formula is C30H31FN2. The normalized spacial score (nSPS) is 17.7. The maximum absolute atomic E-state index is 16.5. The van der Waals surface area contributed by atoms with Gasteiger partial charge in [0.25, 0.3) is 0 Å². The highest BCUT2D eigenvalue weighted by Gasteiger charge is 2.40. The van der Waals surface area contributed by atoms with Crippen LogP contribution in [0, 0.1) is 13.8 Å². The molecular weight excluding hydrogens is 407 g/mol. The van der Waals surface area contributed by atoms with Crippen molar-refractivity contribution in [2.45, 2.75) is 58.5 Å². The van der Waals surface area contributed by atoms with Gasteiger partial charge in [-0.05, 0) is 55.9 Å². The van der Waals surface area contributed by atoms with Gasteiger partial charge in [-0.25, -0.2) is 9.37 Å². The molecule has 0 aliphatic heterocycles. The molecule has 0 bridgehead atoms. The van der Waals surface area contributed by atoms with Gasteiger partial charge in [0.15, 0.2) is 0 Å². The third-order valence-electron chi connectivity index (χ3n) is 7.22. The minimum atomic E-state index is -1.41. The van der Waals surface area contributed by atoms with Crippen molar-refractivity contribution >= 4 is 22.6 Å². The van der Waals surface area contributed by atoms with Crippen LogP contribution in [0.15, 0.2) is 66.9 Å². The zero-order valence-electron chi connectivity index (χ0n) is 19.9. The second-order valence-corrected chi connectivity index (χ2v) is 9.20. The number of allylic oxidation sites excluding steroid dienone is 3. The number of alkyl halides is 1. The number of aryl methyl sites for hydroxylation is 2. The first-order chi connectivity index (χ1) is 16.0. The van der Waals surface area contributed by atoms with Crippen LogP contribution in [0.5, 0.6) is 0 Å². The lowest BCUT2D eigenvalue weighted by Gasteiger charge is -2.34. The van der Waals surface area contributed by atoms with Gasteiger partial charge in [-0.2, -0.15) is 0 Å². The summed E-state index contributed by atoms with van der Waals surface area (Å²) in [5, 5.41) is 1.14. The molecule has 33 heavy (non-hydrogen) atoms. The standard InChI is InChI=1S/C30H31FN2/c1-5-7-18-30(31,6-2)24-16-11-15-23-22-14-8-9-17-25(22)33-26(19-32-29(33)28(23)24)27-20(3)12-10-13-21(27)4/h7-15,17-19,24H,5-6,16H2,1-4H3. The van der Waals surface area contributed by atoms with Crippen molar-refractivity contribution in [3.05, 3.63) is 89.1 Å². The number of fused-ring (bicyclic) bond motifs is 6. The maximum Gasteiger partial charge on any atom is 0.141 e. The summed E-state index contributed by atoms with van der Waals surface area (Å²) in [5.41, 5.74) is 7.40. The lowest BCUT2D eigenvalue weighted by Crippen LogP contribution is -2.30. The molecule has 0 fully saturated rings. The van der Waals surface area contributed by atoms with Crippen LogP contribution >= 0.6 is 0 Å². The van der Waals surface area contributed by atoms with Gasteiger partial charge in [0.05, 0.1) is 17.4 Å². The molecule has 0 saturated heterocycles. The monoisotopic (exact) mass is 438 g/mol. The minimum Gasteiger partial charge on any atom is -0.292 e. The van der Waals surface area contributed by atoms with Crippen LogP contribution in [0.3, 0.4) is 0 Å². The van der Waals surface area contributed by atoms with E-state index in [1.807, 2.05) is 19.2 Å². The Morgan fingerprint density at radius 3 is 2.58 bits per heavy atom. The summed E-state index contributed by atoms with van der Waals surface area (Å²) >= 11 is 0. The molecule has 4 aromatic rings. The number of hydrogen-bond donors (Lipinski definition) is 0. The van der Waals surface area contributed by atoms with Crippen LogP contribution in [-0.2, 0) is 0 Å². The van der Waals surface area contributed by atoms with E-state index in [4.69, 9.17) is 4.98 Å². The summed E-state index contributed by atoms with van der Waals surface area (Å²) in [5.74, 6) is -0.273. The molecule has 2 aromatic heterocycles. The number of nitrogens with zero attached hydrogens (tertiary/aromatic N) is 2. The van der Waals surface area contributed by atoms with Crippen LogP contribution in [0.25, 0.3) is 33.9 Å². The molecule has 5 rings (SSSR count). The highest BCUT2D eigenvalue weighted by molar-refractivity contribution is 5.96. The van der Waals surface area contributed by atoms with E-state index in [1.165, 1.54) is 16.7 Å². The van der Waals surface area contributed by atoms with Crippen LogP contribution in [0.4, 0.5) is 4.39 Å². The summed E-state index contributed by atoms with van der Waals surface area (Å²) in [7, 11) is 0. The first kappa shape index (κ1) is 21.6. The minimum absolute atomic E-state index is 0.273. The summed E-state index contributed by atoms with van der Waals surface area (Å²) in [4.78, 5) is 4.96. The Hall–Kier alpha value is -3.20.